The first-order valence-corrected chi connectivity index (χ1v) is 7.99. The van der Waals surface area contributed by atoms with Crippen LogP contribution >= 0.6 is 0 Å². The Hall–Kier alpha value is -1.47. The minimum atomic E-state index is -3.68. The Morgan fingerprint density at radius 3 is 2.65 bits per heavy atom. The second-order valence-corrected chi connectivity index (χ2v) is 7.02. The maximum absolute atomic E-state index is 12.9. The number of hydrogen-bond acceptors (Lipinski definition) is 3. The number of fused-ring (bicyclic) bond motifs is 1. The van der Waals surface area contributed by atoms with E-state index in [1.165, 1.54) is 16.4 Å². The molecule has 2 unspecified atom stereocenters. The van der Waals surface area contributed by atoms with Gasteiger partial charge in [0.1, 0.15) is 5.82 Å². The maximum Gasteiger partial charge on any atom is 0.243 e. The molecule has 1 aromatic rings. The van der Waals surface area contributed by atoms with Gasteiger partial charge in [-0.15, -0.1) is 0 Å². The van der Waals surface area contributed by atoms with Crippen molar-refractivity contribution in [2.75, 3.05) is 13.1 Å². The van der Waals surface area contributed by atoms with E-state index in [9.17, 15) is 17.6 Å². The number of carbonyl (C=O) groups is 1. The molecular weight excluding hydrogens is 283 g/mol. The van der Waals surface area contributed by atoms with Gasteiger partial charge in [-0.2, -0.15) is 4.31 Å². The Labute approximate surface area is 116 Å². The van der Waals surface area contributed by atoms with Gasteiger partial charge in [-0.3, -0.25) is 4.79 Å². The molecule has 1 N–H and O–H groups in total. The number of nitrogens with zero attached hydrogens (tertiary/aromatic N) is 1. The van der Waals surface area contributed by atoms with Gasteiger partial charge in [0.15, 0.2) is 0 Å². The lowest BCUT2D eigenvalue weighted by molar-refractivity contribution is -0.123. The van der Waals surface area contributed by atoms with Crippen LogP contribution in [-0.4, -0.2) is 37.8 Å². The van der Waals surface area contributed by atoms with E-state index >= 15 is 0 Å². The third-order valence-electron chi connectivity index (χ3n) is 3.97. The van der Waals surface area contributed by atoms with Crippen molar-refractivity contribution in [3.05, 3.63) is 30.1 Å². The van der Waals surface area contributed by atoms with Crippen molar-refractivity contribution in [3.63, 3.8) is 0 Å². The van der Waals surface area contributed by atoms with Crippen LogP contribution in [0.1, 0.15) is 12.8 Å². The van der Waals surface area contributed by atoms with Crippen LogP contribution in [0.15, 0.2) is 29.2 Å². The number of nitrogens with one attached hydrogen (secondary N) is 1. The Kier molecular flexibility index (Phi) is 3.25. The molecule has 2 aliphatic rings. The smallest absolute Gasteiger partial charge is 0.243 e. The minimum Gasteiger partial charge on any atom is -0.354 e. The van der Waals surface area contributed by atoms with E-state index in [1.807, 2.05) is 0 Å². The molecule has 0 radical (unpaired) electrons. The second kappa shape index (κ2) is 4.82. The zero-order valence-electron chi connectivity index (χ0n) is 10.8. The fourth-order valence-corrected chi connectivity index (χ4v) is 4.65. The Balaban J connectivity index is 1.94. The first-order valence-electron chi connectivity index (χ1n) is 6.55. The Bertz CT molecular complexity index is 630. The predicted molar refractivity (Wildman–Crippen MR) is 69.8 cm³/mol. The van der Waals surface area contributed by atoms with Crippen LogP contribution in [0.5, 0.6) is 0 Å². The first kappa shape index (κ1) is 13.5. The highest BCUT2D eigenvalue weighted by molar-refractivity contribution is 7.89. The molecule has 0 spiro atoms. The molecule has 2 saturated heterocycles. The van der Waals surface area contributed by atoms with Gasteiger partial charge in [-0.25, -0.2) is 12.8 Å². The summed E-state index contributed by atoms with van der Waals surface area (Å²) in [5.74, 6) is -0.814. The minimum absolute atomic E-state index is 0.0684. The van der Waals surface area contributed by atoms with Crippen LogP contribution in [0.25, 0.3) is 0 Å². The molecule has 0 aromatic heterocycles. The summed E-state index contributed by atoms with van der Waals surface area (Å²) in [5, 5.41) is 2.72. The van der Waals surface area contributed by atoms with Crippen molar-refractivity contribution < 1.29 is 17.6 Å². The number of amides is 1. The third-order valence-corrected chi connectivity index (χ3v) is 5.91. The summed E-state index contributed by atoms with van der Waals surface area (Å²) >= 11 is 0. The van der Waals surface area contributed by atoms with Crippen LogP contribution in [0.4, 0.5) is 4.39 Å². The number of carbonyl (C=O) groups excluding carboxylic acids is 1. The molecule has 1 amide bonds. The van der Waals surface area contributed by atoms with Crippen molar-refractivity contribution in [2.24, 2.45) is 5.92 Å². The van der Waals surface area contributed by atoms with Gasteiger partial charge in [0.05, 0.1) is 16.9 Å². The van der Waals surface area contributed by atoms with Crippen molar-refractivity contribution >= 4 is 15.9 Å². The van der Waals surface area contributed by atoms with Crippen molar-refractivity contribution in [1.82, 2.24) is 9.62 Å². The quantitative estimate of drug-likeness (QED) is 0.875. The van der Waals surface area contributed by atoms with Crippen LogP contribution < -0.4 is 5.32 Å². The molecule has 5 nitrogen and oxygen atoms in total. The Morgan fingerprint density at radius 2 is 1.95 bits per heavy atom. The lowest BCUT2D eigenvalue weighted by atomic mass is 9.93. The fourth-order valence-electron chi connectivity index (χ4n) is 2.95. The van der Waals surface area contributed by atoms with E-state index in [4.69, 9.17) is 0 Å². The van der Waals surface area contributed by atoms with Gasteiger partial charge in [0, 0.05) is 13.1 Å². The number of hydrogen-bond donors (Lipinski definition) is 1. The molecule has 3 rings (SSSR count). The first-order chi connectivity index (χ1) is 9.50. The average Bonchev–Trinajstić information content (AvgIpc) is 2.81. The van der Waals surface area contributed by atoms with Gasteiger partial charge < -0.3 is 5.32 Å². The van der Waals surface area contributed by atoms with Gasteiger partial charge in [-0.05, 0) is 37.1 Å². The molecule has 20 heavy (non-hydrogen) atoms. The highest BCUT2D eigenvalue weighted by atomic mass is 32.2. The number of rotatable bonds is 2. The summed E-state index contributed by atoms with van der Waals surface area (Å²) in [6, 6.07) is 4.46. The molecule has 2 atom stereocenters. The zero-order chi connectivity index (χ0) is 14.3. The van der Waals surface area contributed by atoms with E-state index in [0.29, 0.717) is 25.9 Å². The van der Waals surface area contributed by atoms with Crippen molar-refractivity contribution in [1.29, 1.82) is 0 Å². The summed E-state index contributed by atoms with van der Waals surface area (Å²) in [5.41, 5.74) is 0. The number of piperidine rings is 1. The van der Waals surface area contributed by atoms with Gasteiger partial charge in [-0.1, -0.05) is 0 Å². The lowest BCUT2D eigenvalue weighted by Crippen LogP contribution is -2.48. The molecule has 2 heterocycles. The number of halogens is 1. The van der Waals surface area contributed by atoms with Gasteiger partial charge in [0.25, 0.3) is 0 Å². The van der Waals surface area contributed by atoms with Crippen LogP contribution in [0.2, 0.25) is 0 Å². The summed E-state index contributed by atoms with van der Waals surface area (Å²) in [7, 11) is -3.68. The Morgan fingerprint density at radius 1 is 1.25 bits per heavy atom. The molecule has 2 aliphatic heterocycles. The van der Waals surface area contributed by atoms with Gasteiger partial charge in [0.2, 0.25) is 15.9 Å². The van der Waals surface area contributed by atoms with Crippen LogP contribution in [0.3, 0.4) is 0 Å². The van der Waals surface area contributed by atoms with Crippen molar-refractivity contribution in [3.8, 4) is 0 Å². The fraction of sp³-hybridized carbons (Fsp3) is 0.462. The standard InChI is InChI=1S/C13H15FN2O3S/c14-9-3-5-10(6-4-9)20(18,19)16-7-1-2-11-12(16)8-15-13(11)17/h3-6,11-12H,1-2,7-8H2,(H,15,17). The maximum atomic E-state index is 12.9. The van der Waals surface area contributed by atoms with E-state index in [1.54, 1.807) is 0 Å². The predicted octanol–water partition coefficient (Wildman–Crippen LogP) is 0.725. The summed E-state index contributed by atoms with van der Waals surface area (Å²) < 4.78 is 39.5. The molecule has 1 aromatic carbocycles. The highest BCUT2D eigenvalue weighted by Crippen LogP contribution is 2.31. The van der Waals surface area contributed by atoms with Gasteiger partial charge >= 0.3 is 0 Å². The topological polar surface area (TPSA) is 66.5 Å². The van der Waals surface area contributed by atoms with E-state index in [0.717, 1.165) is 12.1 Å². The van der Waals surface area contributed by atoms with E-state index in [2.05, 4.69) is 5.32 Å². The lowest BCUT2D eigenvalue weighted by Gasteiger charge is -2.34. The third kappa shape index (κ3) is 2.10. The summed E-state index contributed by atoms with van der Waals surface area (Å²) in [4.78, 5) is 11.7. The molecular formula is C13H15FN2O3S. The largest absolute Gasteiger partial charge is 0.354 e. The van der Waals surface area contributed by atoms with E-state index < -0.39 is 15.8 Å². The highest BCUT2D eigenvalue weighted by Gasteiger charge is 2.45. The monoisotopic (exact) mass is 298 g/mol. The average molecular weight is 298 g/mol. The molecule has 108 valence electrons. The van der Waals surface area contributed by atoms with E-state index in [-0.39, 0.29) is 22.8 Å². The number of benzene rings is 1. The SMILES string of the molecule is O=C1NCC2C1CCCN2S(=O)(=O)c1ccc(F)cc1. The van der Waals surface area contributed by atoms with Crippen LogP contribution in [0, 0.1) is 11.7 Å². The second-order valence-electron chi connectivity index (χ2n) is 5.13. The molecule has 0 aliphatic carbocycles. The molecule has 0 saturated carbocycles. The molecule has 7 heteroatoms. The number of sulfonamides is 1. The van der Waals surface area contributed by atoms with Crippen molar-refractivity contribution in [2.45, 2.75) is 23.8 Å². The normalized spacial score (nSPS) is 27.1. The molecule has 2 fully saturated rings. The molecule has 0 bridgehead atoms. The summed E-state index contributed by atoms with van der Waals surface area (Å²) in [6.07, 6.45) is 1.38. The van der Waals surface area contributed by atoms with Crippen LogP contribution in [-0.2, 0) is 14.8 Å². The summed E-state index contributed by atoms with van der Waals surface area (Å²) in [6.45, 7) is 0.750. The zero-order valence-corrected chi connectivity index (χ0v) is 11.6.